The van der Waals surface area contributed by atoms with Crippen molar-refractivity contribution in [3.8, 4) is 34.1 Å². The molecule has 0 N–H and O–H groups in total. The van der Waals surface area contributed by atoms with Crippen molar-refractivity contribution >= 4 is 22.7 Å². The van der Waals surface area contributed by atoms with E-state index in [2.05, 4.69) is 43.0 Å². The fourth-order valence-electron chi connectivity index (χ4n) is 6.96. The number of hydrogen-bond donors (Lipinski definition) is 0. The molecule has 0 fully saturated rings. The number of nitrogens with zero attached hydrogens (tertiary/aromatic N) is 1. The molecule has 266 valence electrons. The number of fused-ring (bicyclic) bond motifs is 2. The lowest BCUT2D eigenvalue weighted by atomic mass is 9.81. The van der Waals surface area contributed by atoms with Gasteiger partial charge in [-0.1, -0.05) is 30.3 Å². The number of hydrogen-bond acceptors (Lipinski definition) is 8. The summed E-state index contributed by atoms with van der Waals surface area (Å²) in [6.45, 7) is 20.6. The molecule has 4 aromatic rings. The first-order chi connectivity index (χ1) is 23.8. The fourth-order valence-corrected chi connectivity index (χ4v) is 6.96. The number of carbonyl (C=O) groups excluding carboxylic acids is 2. The number of benzene rings is 4. The smallest absolute Gasteiger partial charge is 0.338 e. The van der Waals surface area contributed by atoms with Crippen LogP contribution in [0.25, 0.3) is 21.9 Å². The Bertz CT molecular complexity index is 1850. The lowest BCUT2D eigenvalue weighted by molar-refractivity contribution is -0.131. The third-order valence-electron chi connectivity index (χ3n) is 8.75. The zero-order valence-corrected chi connectivity index (χ0v) is 31.1. The zero-order chi connectivity index (χ0) is 36.3. The van der Waals surface area contributed by atoms with Crippen LogP contribution >= 0.6 is 0 Å². The van der Waals surface area contributed by atoms with Gasteiger partial charge in [0.1, 0.15) is 23.0 Å². The highest BCUT2D eigenvalue weighted by molar-refractivity contribution is 6.09. The van der Waals surface area contributed by atoms with Gasteiger partial charge in [0.05, 0.1) is 35.9 Å². The number of esters is 2. The molecule has 0 bridgehead atoms. The molecule has 0 spiro atoms. The van der Waals surface area contributed by atoms with Gasteiger partial charge in [0.15, 0.2) is 0 Å². The summed E-state index contributed by atoms with van der Waals surface area (Å²) in [6.07, 6.45) is 0.383. The Labute approximate surface area is 296 Å². The second-order valence-corrected chi connectivity index (χ2v) is 13.8. The minimum Gasteiger partial charge on any atom is -0.491 e. The van der Waals surface area contributed by atoms with Gasteiger partial charge in [-0.25, -0.2) is 4.79 Å². The second kappa shape index (κ2) is 15.5. The summed E-state index contributed by atoms with van der Waals surface area (Å²) in [7, 11) is 0. The van der Waals surface area contributed by atoms with E-state index in [1.807, 2.05) is 71.9 Å². The third kappa shape index (κ3) is 7.91. The summed E-state index contributed by atoms with van der Waals surface area (Å²) in [5.41, 5.74) is 5.49. The van der Waals surface area contributed by atoms with Gasteiger partial charge in [-0.3, -0.25) is 9.69 Å². The van der Waals surface area contributed by atoms with Gasteiger partial charge in [0.2, 0.25) is 0 Å². The van der Waals surface area contributed by atoms with Crippen molar-refractivity contribution in [2.75, 3.05) is 6.61 Å². The van der Waals surface area contributed by atoms with Crippen LogP contribution in [-0.4, -0.2) is 47.8 Å². The Kier molecular flexibility index (Phi) is 11.4. The molecule has 0 saturated heterocycles. The second-order valence-electron chi connectivity index (χ2n) is 13.8. The van der Waals surface area contributed by atoms with E-state index in [9.17, 15) is 9.59 Å². The molecular formula is C42H51NO7. The molecule has 0 amide bonds. The van der Waals surface area contributed by atoms with Gasteiger partial charge in [-0.2, -0.15) is 0 Å². The molecule has 5 rings (SSSR count). The predicted octanol–water partition coefficient (Wildman–Crippen LogP) is 9.48. The number of rotatable bonds is 12. The molecular weight excluding hydrogens is 630 g/mol. The molecule has 50 heavy (non-hydrogen) atoms. The van der Waals surface area contributed by atoms with Crippen molar-refractivity contribution < 1.29 is 33.3 Å². The van der Waals surface area contributed by atoms with E-state index in [-0.39, 0.29) is 48.3 Å². The quantitative estimate of drug-likeness (QED) is 0.108. The molecule has 1 heterocycles. The summed E-state index contributed by atoms with van der Waals surface area (Å²) in [6, 6.07) is 20.0. The summed E-state index contributed by atoms with van der Waals surface area (Å²) in [4.78, 5) is 28.2. The highest BCUT2D eigenvalue weighted by atomic mass is 16.5. The number of carbonyl (C=O) groups is 2. The van der Waals surface area contributed by atoms with Crippen molar-refractivity contribution in [3.05, 3.63) is 82.9 Å². The van der Waals surface area contributed by atoms with E-state index >= 15 is 0 Å². The molecule has 0 saturated carbocycles. The Morgan fingerprint density at radius 2 is 1.44 bits per heavy atom. The normalized spacial score (nSPS) is 16.1. The molecule has 0 aromatic heterocycles. The van der Waals surface area contributed by atoms with Crippen molar-refractivity contribution in [2.45, 2.75) is 113 Å². The Balaban J connectivity index is 1.87. The van der Waals surface area contributed by atoms with Crippen molar-refractivity contribution in [1.82, 2.24) is 4.90 Å². The number of ether oxygens (including phenoxy) is 5. The standard InChI is InChI=1S/C42H51NO7/c1-11-46-42(45)31-20-33-32(17-18-35(47-24(2)3)41(33)36(21-31)50-29(10)44)40-34-19-27(8)43(23-30-15-13-12-14-16-30)28(9)39(34)37(48-25(4)5)22-38(40)49-26(6)7/h12-18,20-22,24-28H,11,19,23H2,1-10H3/t27-,28-/m1/s1. The van der Waals surface area contributed by atoms with Crippen molar-refractivity contribution in [2.24, 2.45) is 0 Å². The molecule has 1 aliphatic heterocycles. The lowest BCUT2D eigenvalue weighted by Crippen LogP contribution is -2.41. The Hall–Kier alpha value is -4.56. The summed E-state index contributed by atoms with van der Waals surface area (Å²) in [5.74, 6) is 1.23. The van der Waals surface area contributed by atoms with Gasteiger partial charge in [-0.05, 0) is 115 Å². The highest BCUT2D eigenvalue weighted by Crippen LogP contribution is 2.51. The summed E-state index contributed by atoms with van der Waals surface area (Å²) < 4.78 is 30.7. The maximum atomic E-state index is 13.3. The molecule has 8 nitrogen and oxygen atoms in total. The monoisotopic (exact) mass is 681 g/mol. The van der Waals surface area contributed by atoms with Gasteiger partial charge < -0.3 is 23.7 Å². The van der Waals surface area contributed by atoms with Crippen LogP contribution in [0.5, 0.6) is 23.0 Å². The first kappa shape index (κ1) is 36.7. The maximum Gasteiger partial charge on any atom is 0.338 e. The van der Waals surface area contributed by atoms with E-state index < -0.39 is 11.9 Å². The van der Waals surface area contributed by atoms with Crippen LogP contribution in [-0.2, 0) is 22.5 Å². The molecule has 8 heteroatoms. The first-order valence-electron chi connectivity index (χ1n) is 17.7. The van der Waals surface area contributed by atoms with Crippen LogP contribution < -0.4 is 18.9 Å². The van der Waals surface area contributed by atoms with E-state index in [0.29, 0.717) is 22.3 Å². The van der Waals surface area contributed by atoms with Crippen LogP contribution in [0.3, 0.4) is 0 Å². The van der Waals surface area contributed by atoms with Crippen LogP contribution in [0.15, 0.2) is 60.7 Å². The average Bonchev–Trinajstić information content (AvgIpc) is 3.03. The molecule has 0 aliphatic carbocycles. The van der Waals surface area contributed by atoms with Gasteiger partial charge in [0.25, 0.3) is 0 Å². The zero-order valence-electron chi connectivity index (χ0n) is 31.1. The topological polar surface area (TPSA) is 83.5 Å². The molecule has 1 aliphatic rings. The minimum absolute atomic E-state index is 0.0102. The maximum absolute atomic E-state index is 13.3. The van der Waals surface area contributed by atoms with Crippen LogP contribution in [0.4, 0.5) is 0 Å². The van der Waals surface area contributed by atoms with Crippen LogP contribution in [0, 0.1) is 0 Å². The van der Waals surface area contributed by atoms with Crippen molar-refractivity contribution in [1.29, 1.82) is 0 Å². The largest absolute Gasteiger partial charge is 0.491 e. The Morgan fingerprint density at radius 1 is 0.800 bits per heavy atom. The van der Waals surface area contributed by atoms with Gasteiger partial charge in [-0.15, -0.1) is 0 Å². The SMILES string of the molecule is CCOC(=O)c1cc(OC(C)=O)c2c(OC(C)C)ccc(-c3c(OC(C)C)cc(OC(C)C)c4c3C[C@@H](C)N(Cc3ccccc3)[C@@H]4C)c2c1. The average molecular weight is 682 g/mol. The van der Waals surface area contributed by atoms with Gasteiger partial charge in [0, 0.05) is 42.7 Å². The molecule has 0 radical (unpaired) electrons. The van der Waals surface area contributed by atoms with Crippen LogP contribution in [0.2, 0.25) is 0 Å². The molecule has 2 atom stereocenters. The first-order valence-corrected chi connectivity index (χ1v) is 17.7. The van der Waals surface area contributed by atoms with E-state index in [4.69, 9.17) is 23.7 Å². The molecule has 0 unspecified atom stereocenters. The summed E-state index contributed by atoms with van der Waals surface area (Å²) in [5, 5.41) is 1.28. The predicted molar refractivity (Wildman–Crippen MR) is 198 cm³/mol. The van der Waals surface area contributed by atoms with Crippen molar-refractivity contribution in [3.63, 3.8) is 0 Å². The Morgan fingerprint density at radius 3 is 2.06 bits per heavy atom. The highest BCUT2D eigenvalue weighted by Gasteiger charge is 2.36. The third-order valence-corrected chi connectivity index (χ3v) is 8.75. The fraction of sp³-hybridized carbons (Fsp3) is 0.429. The van der Waals surface area contributed by atoms with E-state index in [0.717, 1.165) is 41.0 Å². The minimum atomic E-state index is -0.510. The van der Waals surface area contributed by atoms with Gasteiger partial charge >= 0.3 is 11.9 Å². The van der Waals surface area contributed by atoms with Crippen LogP contribution in [0.1, 0.15) is 102 Å². The molecule has 4 aromatic carbocycles. The van der Waals surface area contributed by atoms with E-state index in [1.165, 1.54) is 12.5 Å². The van der Waals surface area contributed by atoms with E-state index in [1.54, 1.807) is 13.0 Å². The lowest BCUT2D eigenvalue weighted by Gasteiger charge is -2.42. The summed E-state index contributed by atoms with van der Waals surface area (Å²) >= 11 is 0.